The van der Waals surface area contributed by atoms with Crippen molar-refractivity contribution in [3.05, 3.63) is 53.7 Å². The SMILES string of the molecule is O=CC(=Cc1ccccc1)c1cnc2c(c1)NC(=O)CO2. The Morgan fingerprint density at radius 3 is 2.86 bits per heavy atom. The zero-order chi connectivity index (χ0) is 14.7. The molecule has 0 atom stereocenters. The van der Waals surface area contributed by atoms with E-state index in [1.54, 1.807) is 18.3 Å². The molecule has 0 fully saturated rings. The average molecular weight is 280 g/mol. The quantitative estimate of drug-likeness (QED) is 0.691. The molecule has 21 heavy (non-hydrogen) atoms. The van der Waals surface area contributed by atoms with E-state index < -0.39 is 0 Å². The fourth-order valence-corrected chi connectivity index (χ4v) is 2.05. The first-order valence-electron chi connectivity index (χ1n) is 6.41. The maximum Gasteiger partial charge on any atom is 0.262 e. The molecule has 0 saturated heterocycles. The predicted molar refractivity (Wildman–Crippen MR) is 78.7 cm³/mol. The number of hydrogen-bond donors (Lipinski definition) is 1. The minimum atomic E-state index is -0.235. The van der Waals surface area contributed by atoms with Crippen LogP contribution in [0.15, 0.2) is 42.6 Å². The highest BCUT2D eigenvalue weighted by molar-refractivity contribution is 6.13. The lowest BCUT2D eigenvalue weighted by atomic mass is 10.1. The van der Waals surface area contributed by atoms with Crippen LogP contribution in [0, 0.1) is 0 Å². The van der Waals surface area contributed by atoms with E-state index in [-0.39, 0.29) is 12.5 Å². The van der Waals surface area contributed by atoms with Crippen molar-refractivity contribution < 1.29 is 14.3 Å². The van der Waals surface area contributed by atoms with Gasteiger partial charge in [-0.25, -0.2) is 4.98 Å². The monoisotopic (exact) mass is 280 g/mol. The Hall–Kier alpha value is -2.95. The molecule has 0 radical (unpaired) electrons. The summed E-state index contributed by atoms with van der Waals surface area (Å²) >= 11 is 0. The van der Waals surface area contributed by atoms with Crippen LogP contribution in [0.25, 0.3) is 11.6 Å². The van der Waals surface area contributed by atoms with Gasteiger partial charge in [-0.05, 0) is 17.7 Å². The highest BCUT2D eigenvalue weighted by atomic mass is 16.5. The van der Waals surface area contributed by atoms with Gasteiger partial charge in [0.1, 0.15) is 5.69 Å². The molecule has 1 aromatic heterocycles. The van der Waals surface area contributed by atoms with E-state index in [2.05, 4.69) is 10.3 Å². The number of anilines is 1. The molecule has 1 N–H and O–H groups in total. The molecule has 0 aliphatic carbocycles. The van der Waals surface area contributed by atoms with Crippen molar-refractivity contribution in [2.75, 3.05) is 11.9 Å². The summed E-state index contributed by atoms with van der Waals surface area (Å²) in [6.45, 7) is -0.0419. The van der Waals surface area contributed by atoms with E-state index in [0.29, 0.717) is 22.7 Å². The van der Waals surface area contributed by atoms with Crippen LogP contribution in [0.4, 0.5) is 5.69 Å². The van der Waals surface area contributed by atoms with Crippen LogP contribution in [0.3, 0.4) is 0 Å². The molecular formula is C16H12N2O3. The van der Waals surface area contributed by atoms with E-state index in [1.165, 1.54) is 0 Å². The molecule has 1 aromatic carbocycles. The molecule has 2 aromatic rings. The Morgan fingerprint density at radius 1 is 1.29 bits per heavy atom. The van der Waals surface area contributed by atoms with Crippen molar-refractivity contribution in [1.82, 2.24) is 4.98 Å². The Labute approximate surface area is 121 Å². The molecule has 1 aliphatic heterocycles. The van der Waals surface area contributed by atoms with Gasteiger partial charge in [0.2, 0.25) is 5.88 Å². The molecule has 2 heterocycles. The minimum absolute atomic E-state index is 0.0419. The van der Waals surface area contributed by atoms with Crippen molar-refractivity contribution in [2.24, 2.45) is 0 Å². The third-order valence-electron chi connectivity index (χ3n) is 3.05. The molecule has 3 rings (SSSR count). The normalized spacial score (nSPS) is 13.9. The summed E-state index contributed by atoms with van der Waals surface area (Å²) in [6.07, 6.45) is 4.09. The van der Waals surface area contributed by atoms with Crippen molar-refractivity contribution >= 4 is 29.5 Å². The van der Waals surface area contributed by atoms with E-state index in [4.69, 9.17) is 4.74 Å². The van der Waals surface area contributed by atoms with Gasteiger partial charge in [0.25, 0.3) is 5.91 Å². The number of rotatable bonds is 3. The van der Waals surface area contributed by atoms with E-state index in [1.807, 2.05) is 30.3 Å². The Balaban J connectivity index is 1.98. The summed E-state index contributed by atoms with van der Waals surface area (Å²) in [5.41, 5.74) is 2.50. The summed E-state index contributed by atoms with van der Waals surface area (Å²) in [5, 5.41) is 2.67. The third kappa shape index (κ3) is 2.81. The topological polar surface area (TPSA) is 68.3 Å². The first kappa shape index (κ1) is 13.1. The number of benzene rings is 1. The number of hydrogen-bond acceptors (Lipinski definition) is 4. The maximum absolute atomic E-state index is 11.3. The van der Waals surface area contributed by atoms with Gasteiger partial charge in [-0.15, -0.1) is 0 Å². The number of amides is 1. The number of allylic oxidation sites excluding steroid dienone is 1. The van der Waals surface area contributed by atoms with E-state index in [9.17, 15) is 9.59 Å². The standard InChI is InChI=1S/C16H12N2O3/c19-9-13(6-11-4-2-1-3-5-11)12-7-14-16(17-8-12)21-10-15(20)18-14/h1-9H,10H2,(H,18,20). The number of ether oxygens (including phenoxy) is 1. The molecule has 5 heteroatoms. The summed E-state index contributed by atoms with van der Waals surface area (Å²) in [5.74, 6) is 0.129. The summed E-state index contributed by atoms with van der Waals surface area (Å²) in [7, 11) is 0. The van der Waals surface area contributed by atoms with Gasteiger partial charge in [-0.3, -0.25) is 9.59 Å². The average Bonchev–Trinajstić information content (AvgIpc) is 2.53. The lowest BCUT2D eigenvalue weighted by Crippen LogP contribution is -2.26. The van der Waals surface area contributed by atoms with E-state index >= 15 is 0 Å². The first-order chi connectivity index (χ1) is 10.3. The Kier molecular flexibility index (Phi) is 3.47. The predicted octanol–water partition coefficient (Wildman–Crippen LogP) is 2.15. The fourth-order valence-electron chi connectivity index (χ4n) is 2.05. The number of aldehydes is 1. The van der Waals surface area contributed by atoms with Gasteiger partial charge in [0.15, 0.2) is 12.9 Å². The highest BCUT2D eigenvalue weighted by Crippen LogP contribution is 2.28. The van der Waals surface area contributed by atoms with Crippen LogP contribution in [-0.4, -0.2) is 23.8 Å². The lowest BCUT2D eigenvalue weighted by Gasteiger charge is -2.17. The van der Waals surface area contributed by atoms with Crippen LogP contribution < -0.4 is 10.1 Å². The molecule has 0 bridgehead atoms. The smallest absolute Gasteiger partial charge is 0.262 e. The van der Waals surface area contributed by atoms with Crippen LogP contribution in [0.5, 0.6) is 5.88 Å². The lowest BCUT2D eigenvalue weighted by molar-refractivity contribution is -0.118. The van der Waals surface area contributed by atoms with Crippen LogP contribution >= 0.6 is 0 Å². The molecule has 0 saturated carbocycles. The summed E-state index contributed by atoms with van der Waals surface area (Å²) < 4.78 is 5.19. The Morgan fingerprint density at radius 2 is 2.10 bits per heavy atom. The van der Waals surface area contributed by atoms with Crippen molar-refractivity contribution in [1.29, 1.82) is 0 Å². The second-order valence-corrected chi connectivity index (χ2v) is 4.54. The Bertz CT molecular complexity index is 724. The number of aromatic nitrogens is 1. The van der Waals surface area contributed by atoms with Crippen LogP contribution in [0.2, 0.25) is 0 Å². The second kappa shape index (κ2) is 5.58. The number of fused-ring (bicyclic) bond motifs is 1. The largest absolute Gasteiger partial charge is 0.466 e. The molecule has 5 nitrogen and oxygen atoms in total. The van der Waals surface area contributed by atoms with Crippen LogP contribution in [-0.2, 0) is 9.59 Å². The molecule has 1 aliphatic rings. The third-order valence-corrected chi connectivity index (χ3v) is 3.05. The van der Waals surface area contributed by atoms with Gasteiger partial charge in [0, 0.05) is 17.3 Å². The number of nitrogens with zero attached hydrogens (tertiary/aromatic N) is 1. The summed E-state index contributed by atoms with van der Waals surface area (Å²) in [4.78, 5) is 26.8. The zero-order valence-electron chi connectivity index (χ0n) is 11.1. The van der Waals surface area contributed by atoms with Gasteiger partial charge >= 0.3 is 0 Å². The van der Waals surface area contributed by atoms with Crippen molar-refractivity contribution in [2.45, 2.75) is 0 Å². The fraction of sp³-hybridized carbons (Fsp3) is 0.0625. The highest BCUT2D eigenvalue weighted by Gasteiger charge is 2.18. The number of nitrogens with one attached hydrogen (secondary N) is 1. The van der Waals surface area contributed by atoms with Gasteiger partial charge in [-0.2, -0.15) is 0 Å². The number of carbonyl (C=O) groups excluding carboxylic acids is 2. The van der Waals surface area contributed by atoms with Gasteiger partial charge in [0.05, 0.1) is 0 Å². The number of carbonyl (C=O) groups is 2. The molecule has 0 unspecified atom stereocenters. The first-order valence-corrected chi connectivity index (χ1v) is 6.41. The van der Waals surface area contributed by atoms with Gasteiger partial charge < -0.3 is 10.1 Å². The molecular weight excluding hydrogens is 268 g/mol. The second-order valence-electron chi connectivity index (χ2n) is 4.54. The summed E-state index contributed by atoms with van der Waals surface area (Å²) in [6, 6.07) is 11.2. The minimum Gasteiger partial charge on any atom is -0.466 e. The van der Waals surface area contributed by atoms with E-state index in [0.717, 1.165) is 11.8 Å². The molecule has 1 amide bonds. The molecule has 0 spiro atoms. The van der Waals surface area contributed by atoms with Crippen LogP contribution in [0.1, 0.15) is 11.1 Å². The zero-order valence-corrected chi connectivity index (χ0v) is 11.1. The van der Waals surface area contributed by atoms with Gasteiger partial charge in [-0.1, -0.05) is 30.3 Å². The number of pyridine rings is 1. The van der Waals surface area contributed by atoms with Crippen molar-refractivity contribution in [3.8, 4) is 5.88 Å². The maximum atomic E-state index is 11.3. The molecule has 104 valence electrons. The van der Waals surface area contributed by atoms with Crippen molar-refractivity contribution in [3.63, 3.8) is 0 Å².